The number of Topliss-reactive ketones (excluding diaryl/α,β-unsaturated/α-hetero) is 1. The van der Waals surface area contributed by atoms with Gasteiger partial charge in [0.15, 0.2) is 5.78 Å². The highest BCUT2D eigenvalue weighted by Gasteiger charge is 2.16. The molecule has 0 bridgehead atoms. The van der Waals surface area contributed by atoms with E-state index in [4.69, 9.17) is 4.74 Å². The number of methoxy groups -OCH3 is 1. The van der Waals surface area contributed by atoms with E-state index in [1.165, 1.54) is 0 Å². The molecule has 2 aromatic carbocycles. The Kier molecular flexibility index (Phi) is 3.03. The third-order valence-electron chi connectivity index (χ3n) is 3.44. The Bertz CT molecular complexity index is 769. The predicted molar refractivity (Wildman–Crippen MR) is 80.3 cm³/mol. The molecule has 3 rings (SSSR count). The molecule has 3 aromatic rings. The highest BCUT2D eigenvalue weighted by molar-refractivity contribution is 6.12. The van der Waals surface area contributed by atoms with Crippen LogP contribution in [0.4, 0.5) is 0 Å². The van der Waals surface area contributed by atoms with Crippen molar-refractivity contribution < 1.29 is 9.53 Å². The van der Waals surface area contributed by atoms with Gasteiger partial charge in [0, 0.05) is 10.9 Å². The molecule has 0 aliphatic carbocycles. The largest absolute Gasteiger partial charge is 0.497 e. The first kappa shape index (κ1) is 12.5. The van der Waals surface area contributed by atoms with Crippen molar-refractivity contribution in [2.75, 3.05) is 7.11 Å². The van der Waals surface area contributed by atoms with E-state index in [1.807, 2.05) is 48.5 Å². The van der Waals surface area contributed by atoms with Crippen molar-refractivity contribution in [1.82, 2.24) is 4.98 Å². The standard InChI is InChI=1S/C17H15NO2/c1-11(19)16-14-5-3-4-6-15(14)18-17(16)12-7-9-13(20-2)10-8-12/h3-10,18H,1-2H3. The number of H-pyrrole nitrogens is 1. The zero-order valence-corrected chi connectivity index (χ0v) is 11.4. The molecule has 0 amide bonds. The molecule has 3 nitrogen and oxygen atoms in total. The van der Waals surface area contributed by atoms with E-state index in [2.05, 4.69) is 4.98 Å². The van der Waals surface area contributed by atoms with E-state index in [0.717, 1.165) is 33.5 Å². The number of carbonyl (C=O) groups is 1. The second kappa shape index (κ2) is 4.85. The van der Waals surface area contributed by atoms with Crippen LogP contribution in [0.25, 0.3) is 22.2 Å². The summed E-state index contributed by atoms with van der Waals surface area (Å²) in [5.74, 6) is 0.863. The van der Waals surface area contributed by atoms with Gasteiger partial charge in [0.25, 0.3) is 0 Å². The van der Waals surface area contributed by atoms with Crippen molar-refractivity contribution in [3.63, 3.8) is 0 Å². The van der Waals surface area contributed by atoms with Crippen LogP contribution in [-0.2, 0) is 0 Å². The van der Waals surface area contributed by atoms with Crippen LogP contribution in [0.5, 0.6) is 5.75 Å². The molecular weight excluding hydrogens is 250 g/mol. The number of benzene rings is 2. The lowest BCUT2D eigenvalue weighted by Gasteiger charge is -2.04. The van der Waals surface area contributed by atoms with Gasteiger partial charge in [-0.1, -0.05) is 18.2 Å². The maximum atomic E-state index is 12.0. The molecule has 0 fully saturated rings. The second-order valence-corrected chi connectivity index (χ2v) is 4.71. The van der Waals surface area contributed by atoms with E-state index in [-0.39, 0.29) is 5.78 Å². The summed E-state index contributed by atoms with van der Waals surface area (Å²) in [5.41, 5.74) is 3.56. The summed E-state index contributed by atoms with van der Waals surface area (Å²) in [7, 11) is 1.64. The second-order valence-electron chi connectivity index (χ2n) is 4.71. The van der Waals surface area contributed by atoms with Crippen molar-refractivity contribution >= 4 is 16.7 Å². The van der Waals surface area contributed by atoms with Gasteiger partial charge in [0.05, 0.1) is 18.4 Å². The molecule has 1 N–H and O–H groups in total. The molecule has 0 saturated carbocycles. The maximum Gasteiger partial charge on any atom is 0.162 e. The van der Waals surface area contributed by atoms with Crippen LogP contribution in [0.3, 0.4) is 0 Å². The van der Waals surface area contributed by atoms with Crippen LogP contribution in [0.2, 0.25) is 0 Å². The van der Waals surface area contributed by atoms with E-state index in [9.17, 15) is 4.79 Å². The Balaban J connectivity index is 2.23. The molecular formula is C17H15NO2. The quantitative estimate of drug-likeness (QED) is 0.726. The highest BCUT2D eigenvalue weighted by Crippen LogP contribution is 2.31. The van der Waals surface area contributed by atoms with Crippen LogP contribution in [-0.4, -0.2) is 17.9 Å². The molecule has 0 radical (unpaired) electrons. The molecule has 0 unspecified atom stereocenters. The van der Waals surface area contributed by atoms with Crippen LogP contribution in [0.1, 0.15) is 17.3 Å². The van der Waals surface area contributed by atoms with Gasteiger partial charge >= 0.3 is 0 Å². The molecule has 20 heavy (non-hydrogen) atoms. The number of fused-ring (bicyclic) bond motifs is 1. The van der Waals surface area contributed by atoms with Crippen molar-refractivity contribution in [2.45, 2.75) is 6.92 Å². The number of para-hydroxylation sites is 1. The normalized spacial score (nSPS) is 10.7. The Morgan fingerprint density at radius 3 is 2.40 bits per heavy atom. The molecule has 1 heterocycles. The SMILES string of the molecule is COc1ccc(-c2[nH]c3ccccc3c2C(C)=O)cc1. The number of ketones is 1. The van der Waals surface area contributed by atoms with Crippen molar-refractivity contribution in [2.24, 2.45) is 0 Å². The van der Waals surface area contributed by atoms with Crippen LogP contribution in [0, 0.1) is 0 Å². The first-order chi connectivity index (χ1) is 9.70. The first-order valence-corrected chi connectivity index (χ1v) is 6.47. The number of aromatic nitrogens is 1. The smallest absolute Gasteiger partial charge is 0.162 e. The van der Waals surface area contributed by atoms with Crippen molar-refractivity contribution in [1.29, 1.82) is 0 Å². The Morgan fingerprint density at radius 1 is 1.05 bits per heavy atom. The molecule has 0 saturated heterocycles. The predicted octanol–water partition coefficient (Wildman–Crippen LogP) is 4.05. The Hall–Kier alpha value is -2.55. The molecule has 0 atom stereocenters. The van der Waals surface area contributed by atoms with E-state index in [1.54, 1.807) is 14.0 Å². The average molecular weight is 265 g/mol. The van der Waals surface area contributed by atoms with Crippen molar-refractivity contribution in [3.05, 3.63) is 54.1 Å². The van der Waals surface area contributed by atoms with Gasteiger partial charge in [-0.2, -0.15) is 0 Å². The third-order valence-corrected chi connectivity index (χ3v) is 3.44. The number of carbonyl (C=O) groups excluding carboxylic acids is 1. The first-order valence-electron chi connectivity index (χ1n) is 6.47. The maximum absolute atomic E-state index is 12.0. The summed E-state index contributed by atoms with van der Waals surface area (Å²) in [6.45, 7) is 1.60. The zero-order valence-electron chi connectivity index (χ0n) is 11.4. The fraction of sp³-hybridized carbons (Fsp3) is 0.118. The number of rotatable bonds is 3. The van der Waals surface area contributed by atoms with E-state index < -0.39 is 0 Å². The summed E-state index contributed by atoms with van der Waals surface area (Å²) in [5, 5.41) is 0.964. The van der Waals surface area contributed by atoms with Crippen LogP contribution in [0.15, 0.2) is 48.5 Å². The summed E-state index contributed by atoms with van der Waals surface area (Å²) in [6.07, 6.45) is 0. The number of hydrogen-bond donors (Lipinski definition) is 1. The summed E-state index contributed by atoms with van der Waals surface area (Å²) in [4.78, 5) is 15.3. The number of aromatic amines is 1. The lowest BCUT2D eigenvalue weighted by molar-refractivity contribution is 0.102. The minimum atomic E-state index is 0.0632. The highest BCUT2D eigenvalue weighted by atomic mass is 16.5. The van der Waals surface area contributed by atoms with Gasteiger partial charge in [-0.3, -0.25) is 4.79 Å². The van der Waals surface area contributed by atoms with Gasteiger partial charge in [-0.25, -0.2) is 0 Å². The molecule has 0 aliphatic heterocycles. The fourth-order valence-electron chi connectivity index (χ4n) is 2.48. The third kappa shape index (κ3) is 1.97. The molecule has 0 spiro atoms. The van der Waals surface area contributed by atoms with Crippen molar-refractivity contribution in [3.8, 4) is 17.0 Å². The van der Waals surface area contributed by atoms with Gasteiger partial charge in [-0.15, -0.1) is 0 Å². The van der Waals surface area contributed by atoms with Crippen LogP contribution >= 0.6 is 0 Å². The zero-order chi connectivity index (χ0) is 14.1. The van der Waals surface area contributed by atoms with Gasteiger partial charge < -0.3 is 9.72 Å². The van der Waals surface area contributed by atoms with Gasteiger partial charge in [0.2, 0.25) is 0 Å². The average Bonchev–Trinajstić information content (AvgIpc) is 2.86. The Morgan fingerprint density at radius 2 is 1.75 bits per heavy atom. The van der Waals surface area contributed by atoms with E-state index in [0.29, 0.717) is 0 Å². The summed E-state index contributed by atoms with van der Waals surface area (Å²) >= 11 is 0. The number of nitrogens with one attached hydrogen (secondary N) is 1. The van der Waals surface area contributed by atoms with E-state index >= 15 is 0 Å². The molecule has 100 valence electrons. The lowest BCUT2D eigenvalue weighted by Crippen LogP contribution is -1.94. The number of ether oxygens (including phenoxy) is 1. The van der Waals surface area contributed by atoms with Gasteiger partial charge in [0.1, 0.15) is 5.75 Å². The fourth-order valence-corrected chi connectivity index (χ4v) is 2.48. The monoisotopic (exact) mass is 265 g/mol. The Labute approximate surface area is 117 Å². The summed E-state index contributed by atoms with van der Waals surface area (Å²) < 4.78 is 5.16. The molecule has 0 aliphatic rings. The summed E-state index contributed by atoms with van der Waals surface area (Å²) in [6, 6.07) is 15.5. The number of hydrogen-bond acceptors (Lipinski definition) is 2. The lowest BCUT2D eigenvalue weighted by atomic mass is 10.0. The van der Waals surface area contributed by atoms with Crippen LogP contribution < -0.4 is 4.74 Å². The molecule has 1 aromatic heterocycles. The minimum Gasteiger partial charge on any atom is -0.497 e. The topological polar surface area (TPSA) is 42.1 Å². The molecule has 3 heteroatoms. The minimum absolute atomic E-state index is 0.0632. The van der Waals surface area contributed by atoms with Gasteiger partial charge in [-0.05, 0) is 42.8 Å².